The maximum atomic E-state index is 12.7. The molecule has 244 valence electrons. The molecule has 0 aliphatic heterocycles. The zero-order valence-electron chi connectivity index (χ0n) is 25.8. The summed E-state index contributed by atoms with van der Waals surface area (Å²) < 4.78 is 11.3. The monoisotopic (exact) mass is 630 g/mol. The number of nitrogens with zero attached hydrogens (tertiary/aromatic N) is 2. The van der Waals surface area contributed by atoms with Crippen LogP contribution in [0.4, 0.5) is 0 Å². The van der Waals surface area contributed by atoms with Crippen LogP contribution in [0.3, 0.4) is 0 Å². The first-order valence-corrected chi connectivity index (χ1v) is 14.7. The van der Waals surface area contributed by atoms with Gasteiger partial charge in [-0.15, -0.1) is 4.73 Å². The van der Waals surface area contributed by atoms with Crippen LogP contribution in [0.5, 0.6) is 11.8 Å². The van der Waals surface area contributed by atoms with E-state index in [4.69, 9.17) is 14.3 Å². The lowest BCUT2D eigenvalue weighted by Crippen LogP contribution is -2.49. The molecule has 0 aliphatic rings. The van der Waals surface area contributed by atoms with Gasteiger partial charge in [-0.3, -0.25) is 19.2 Å². The van der Waals surface area contributed by atoms with Crippen LogP contribution < -0.4 is 15.5 Å². The molecule has 0 radical (unpaired) electrons. The predicted molar refractivity (Wildman–Crippen MR) is 159 cm³/mol. The van der Waals surface area contributed by atoms with Gasteiger partial charge in [-0.25, -0.2) is 4.79 Å². The van der Waals surface area contributed by atoms with Crippen LogP contribution in [-0.2, 0) is 33.4 Å². The number of carbonyl (C=O) groups excluding carboxylic acids is 5. The third-order valence-corrected chi connectivity index (χ3v) is 5.81. The summed E-state index contributed by atoms with van der Waals surface area (Å²) in [7, 11) is 0. The molecule has 0 saturated carbocycles. The van der Waals surface area contributed by atoms with Gasteiger partial charge in [0.15, 0.2) is 0 Å². The molecule has 1 atom stereocenters. The fraction of sp³-hybridized carbons (Fsp3) is 0.679. The van der Waals surface area contributed by atoms with Gasteiger partial charge in [0, 0.05) is 56.9 Å². The second-order valence-corrected chi connectivity index (χ2v) is 12.1. The molecule has 1 rings (SSSR count). The third-order valence-electron chi connectivity index (χ3n) is 5.44. The highest BCUT2D eigenvalue weighted by atomic mass is 32.1. The predicted octanol–water partition coefficient (Wildman–Crippen LogP) is 1.32. The number of thiol groups is 1. The van der Waals surface area contributed by atoms with Crippen molar-refractivity contribution in [1.82, 2.24) is 20.3 Å². The Morgan fingerprint density at radius 3 is 1.81 bits per heavy atom. The summed E-state index contributed by atoms with van der Waals surface area (Å²) in [6, 6.07) is 1.35. The Kier molecular flexibility index (Phi) is 15.4. The van der Waals surface area contributed by atoms with E-state index in [1.165, 1.54) is 0 Å². The van der Waals surface area contributed by atoms with Crippen molar-refractivity contribution in [2.45, 2.75) is 90.9 Å². The van der Waals surface area contributed by atoms with Crippen LogP contribution in [0.25, 0.3) is 0 Å². The van der Waals surface area contributed by atoms with Crippen molar-refractivity contribution < 1.29 is 48.5 Å². The van der Waals surface area contributed by atoms with Gasteiger partial charge < -0.3 is 40.1 Å². The van der Waals surface area contributed by atoms with Crippen LogP contribution >= 0.6 is 12.6 Å². The average molecular weight is 631 g/mol. The van der Waals surface area contributed by atoms with Gasteiger partial charge in [-0.1, -0.05) is 0 Å². The molecule has 2 amide bonds. The number of nitrogens with one attached hydrogen (secondary N) is 2. The second-order valence-electron chi connectivity index (χ2n) is 11.8. The van der Waals surface area contributed by atoms with E-state index in [0.717, 1.165) is 12.1 Å². The van der Waals surface area contributed by atoms with Crippen molar-refractivity contribution in [3.05, 3.63) is 12.1 Å². The van der Waals surface area contributed by atoms with Gasteiger partial charge in [0.2, 0.25) is 23.6 Å². The standard InChI is InChI=1S/C28H46N4O10S/c1-27(2,3)40-23(36)12-15-31(16-13-24(37)41-28(4,5)6)17-14-29-26(39)19(18-43)30-20(33)8-7-9-25(38)42-32-21(34)10-11-22(32)35/h10-11,19,34-35,43H,7-9,12-18H2,1-6H3,(H,29,39)(H,30,33)/t19-/m0/s1. The molecular weight excluding hydrogens is 584 g/mol. The second kappa shape index (κ2) is 17.6. The minimum absolute atomic E-state index is 0.0206. The van der Waals surface area contributed by atoms with Crippen LogP contribution in [-0.4, -0.2) is 98.7 Å². The summed E-state index contributed by atoms with van der Waals surface area (Å²) in [4.78, 5) is 68.0. The Morgan fingerprint density at radius 2 is 1.35 bits per heavy atom. The van der Waals surface area contributed by atoms with Crippen molar-refractivity contribution in [3.63, 3.8) is 0 Å². The van der Waals surface area contributed by atoms with Crippen LogP contribution in [0.1, 0.15) is 73.6 Å². The van der Waals surface area contributed by atoms with Gasteiger partial charge in [-0.05, 0) is 48.0 Å². The summed E-state index contributed by atoms with van der Waals surface area (Å²) in [6.45, 7) is 11.7. The van der Waals surface area contributed by atoms with Gasteiger partial charge in [0.25, 0.3) is 0 Å². The molecule has 0 bridgehead atoms. The maximum absolute atomic E-state index is 12.7. The van der Waals surface area contributed by atoms with E-state index in [1.54, 1.807) is 41.5 Å². The lowest BCUT2D eigenvalue weighted by Gasteiger charge is -2.25. The minimum Gasteiger partial charge on any atom is -0.492 e. The Labute approximate surface area is 257 Å². The van der Waals surface area contributed by atoms with Gasteiger partial charge in [0.05, 0.1) is 12.8 Å². The SMILES string of the molecule is CC(C)(C)OC(=O)CCN(CCNC(=O)[C@H](CS)NC(=O)CCCC(=O)On1c(O)ccc1O)CCC(=O)OC(C)(C)C. The van der Waals surface area contributed by atoms with Gasteiger partial charge >= 0.3 is 17.9 Å². The van der Waals surface area contributed by atoms with Crippen molar-refractivity contribution in [3.8, 4) is 11.8 Å². The van der Waals surface area contributed by atoms with Crippen LogP contribution in [0.15, 0.2) is 12.1 Å². The van der Waals surface area contributed by atoms with Crippen molar-refractivity contribution >= 4 is 42.4 Å². The normalized spacial score (nSPS) is 12.4. The van der Waals surface area contributed by atoms with Crippen molar-refractivity contribution in [2.75, 3.05) is 31.9 Å². The molecule has 0 aromatic carbocycles. The Hall–Kier alpha value is -3.46. The molecule has 1 aromatic heterocycles. The fourth-order valence-corrected chi connectivity index (χ4v) is 3.83. The van der Waals surface area contributed by atoms with E-state index in [9.17, 15) is 34.2 Å². The number of esters is 2. The number of ether oxygens (including phenoxy) is 2. The number of amides is 2. The number of carbonyl (C=O) groups is 5. The summed E-state index contributed by atoms with van der Waals surface area (Å²) in [6.07, 6.45) is 0.0228. The molecule has 1 aromatic rings. The minimum atomic E-state index is -0.937. The van der Waals surface area contributed by atoms with Crippen molar-refractivity contribution in [1.29, 1.82) is 0 Å². The quantitative estimate of drug-likeness (QED) is 0.123. The lowest BCUT2D eigenvalue weighted by molar-refractivity contribution is -0.155. The number of hydrogen-bond donors (Lipinski definition) is 5. The van der Waals surface area contributed by atoms with Crippen molar-refractivity contribution in [2.24, 2.45) is 0 Å². The first-order valence-electron chi connectivity index (χ1n) is 14.0. The number of rotatable bonds is 17. The summed E-state index contributed by atoms with van der Waals surface area (Å²) in [5.41, 5.74) is -1.25. The van der Waals surface area contributed by atoms with Gasteiger partial charge in [-0.2, -0.15) is 12.6 Å². The number of aromatic hydroxyl groups is 2. The smallest absolute Gasteiger partial charge is 0.333 e. The first-order chi connectivity index (χ1) is 19.9. The van der Waals surface area contributed by atoms with Gasteiger partial charge in [0.1, 0.15) is 17.2 Å². The Morgan fingerprint density at radius 1 is 0.837 bits per heavy atom. The van der Waals surface area contributed by atoms with Crippen LogP contribution in [0, 0.1) is 0 Å². The molecule has 14 nitrogen and oxygen atoms in total. The van der Waals surface area contributed by atoms with E-state index in [1.807, 2.05) is 4.90 Å². The highest BCUT2D eigenvalue weighted by Crippen LogP contribution is 2.19. The summed E-state index contributed by atoms with van der Waals surface area (Å²) in [5, 5.41) is 24.3. The highest BCUT2D eigenvalue weighted by molar-refractivity contribution is 7.80. The Bertz CT molecular complexity index is 1040. The molecule has 0 spiro atoms. The maximum Gasteiger partial charge on any atom is 0.333 e. The lowest BCUT2D eigenvalue weighted by atomic mass is 10.2. The largest absolute Gasteiger partial charge is 0.492 e. The van der Waals surface area contributed by atoms with E-state index in [2.05, 4.69) is 23.3 Å². The van der Waals surface area contributed by atoms with Crippen LogP contribution in [0.2, 0.25) is 0 Å². The topological polar surface area (TPSA) is 186 Å². The van der Waals surface area contributed by atoms with E-state index in [-0.39, 0.29) is 56.3 Å². The zero-order chi connectivity index (χ0) is 32.8. The fourth-order valence-electron chi connectivity index (χ4n) is 3.58. The van der Waals surface area contributed by atoms with E-state index < -0.39 is 46.8 Å². The molecule has 1 heterocycles. The van der Waals surface area contributed by atoms with E-state index >= 15 is 0 Å². The molecule has 0 aliphatic carbocycles. The molecule has 4 N–H and O–H groups in total. The molecule has 0 saturated heterocycles. The third kappa shape index (κ3) is 16.7. The molecular formula is C28H46N4O10S. The number of aromatic nitrogens is 1. The zero-order valence-corrected chi connectivity index (χ0v) is 26.7. The average Bonchev–Trinajstić information content (AvgIpc) is 3.18. The molecule has 0 fully saturated rings. The molecule has 0 unspecified atom stereocenters. The summed E-state index contributed by atoms with van der Waals surface area (Å²) >= 11 is 4.15. The number of hydrogen-bond acceptors (Lipinski definition) is 12. The first kappa shape index (κ1) is 37.6. The van der Waals surface area contributed by atoms with E-state index in [0.29, 0.717) is 24.4 Å². The Balaban J connectivity index is 2.55. The molecule has 43 heavy (non-hydrogen) atoms. The highest BCUT2D eigenvalue weighted by Gasteiger charge is 2.22. The summed E-state index contributed by atoms with van der Waals surface area (Å²) in [5.74, 6) is -3.39. The molecule has 15 heteroatoms.